The minimum Gasteiger partial charge on any atom is -0.436 e. The molecule has 150 valence electrons. The van der Waals surface area contributed by atoms with Gasteiger partial charge in [0.05, 0.1) is 10.6 Å². The van der Waals surface area contributed by atoms with Crippen LogP contribution in [0.15, 0.2) is 71.1 Å². The Hall–Kier alpha value is -3.22. The molecule has 0 atom stereocenters. The Kier molecular flexibility index (Phi) is 5.79. The number of para-hydroxylation sites is 2. The number of nitrogens with one attached hydrogen (secondary N) is 2. The smallest absolute Gasteiger partial charge is 0.258 e. The van der Waals surface area contributed by atoms with Crippen LogP contribution in [-0.4, -0.2) is 16.0 Å². The second kappa shape index (κ2) is 8.65. The van der Waals surface area contributed by atoms with Crippen LogP contribution in [0.3, 0.4) is 0 Å². The van der Waals surface area contributed by atoms with Crippen LogP contribution in [0, 0.1) is 6.92 Å². The summed E-state index contributed by atoms with van der Waals surface area (Å²) in [5.74, 6) is 0.234. The van der Waals surface area contributed by atoms with Gasteiger partial charge in [-0.3, -0.25) is 10.1 Å². The quantitative estimate of drug-likeness (QED) is 0.428. The molecule has 30 heavy (non-hydrogen) atoms. The third-order valence-electron chi connectivity index (χ3n) is 4.54. The maximum Gasteiger partial charge on any atom is 0.258 e. The molecule has 1 aromatic heterocycles. The highest BCUT2D eigenvalue weighted by Crippen LogP contribution is 2.24. The summed E-state index contributed by atoms with van der Waals surface area (Å²) >= 11 is 11.4. The standard InChI is InChI=1S/C23H18ClN3O2S/c1-14-6-11-17(18(24)12-14)21(28)27-23(30)25-13-15-7-9-16(10-8-15)22-26-19-4-2-3-5-20(19)29-22/h2-12H,13H2,1H3,(H2,25,27,28,30). The summed E-state index contributed by atoms with van der Waals surface area (Å²) in [6.07, 6.45) is 0. The molecule has 7 heteroatoms. The predicted molar refractivity (Wildman–Crippen MR) is 123 cm³/mol. The zero-order chi connectivity index (χ0) is 21.1. The Balaban J connectivity index is 1.35. The first kappa shape index (κ1) is 20.1. The number of fused-ring (bicyclic) bond motifs is 1. The fourth-order valence-corrected chi connectivity index (χ4v) is 3.45. The number of benzene rings is 3. The van der Waals surface area contributed by atoms with Crippen LogP contribution in [0.25, 0.3) is 22.6 Å². The first-order valence-corrected chi connectivity index (χ1v) is 10.1. The second-order valence-electron chi connectivity index (χ2n) is 6.80. The predicted octanol–water partition coefficient (Wildman–Crippen LogP) is 5.26. The summed E-state index contributed by atoms with van der Waals surface area (Å²) in [6, 6.07) is 20.7. The van der Waals surface area contributed by atoms with Gasteiger partial charge in [-0.1, -0.05) is 41.9 Å². The molecule has 0 fully saturated rings. The largest absolute Gasteiger partial charge is 0.436 e. The third-order valence-corrected chi connectivity index (χ3v) is 5.10. The number of amides is 1. The lowest BCUT2D eigenvalue weighted by Gasteiger charge is -2.11. The van der Waals surface area contributed by atoms with E-state index in [0.717, 1.165) is 27.8 Å². The van der Waals surface area contributed by atoms with E-state index >= 15 is 0 Å². The number of carbonyl (C=O) groups is 1. The van der Waals surface area contributed by atoms with Crippen LogP contribution < -0.4 is 10.6 Å². The number of hydrogen-bond donors (Lipinski definition) is 2. The summed E-state index contributed by atoms with van der Waals surface area (Å²) in [6.45, 7) is 2.38. The Morgan fingerprint density at radius 2 is 1.87 bits per heavy atom. The lowest BCUT2D eigenvalue weighted by atomic mass is 10.1. The van der Waals surface area contributed by atoms with Crippen molar-refractivity contribution >= 4 is 45.9 Å². The normalized spacial score (nSPS) is 10.7. The molecule has 0 saturated carbocycles. The SMILES string of the molecule is Cc1ccc(C(=O)NC(=S)NCc2ccc(-c3nc4ccccc4o3)cc2)c(Cl)c1. The lowest BCUT2D eigenvalue weighted by Crippen LogP contribution is -2.38. The van der Waals surface area contributed by atoms with Gasteiger partial charge in [-0.25, -0.2) is 4.98 Å². The zero-order valence-electron chi connectivity index (χ0n) is 16.1. The van der Waals surface area contributed by atoms with Crippen LogP contribution in [-0.2, 0) is 6.54 Å². The van der Waals surface area contributed by atoms with Gasteiger partial charge in [0.15, 0.2) is 10.7 Å². The molecule has 0 unspecified atom stereocenters. The van der Waals surface area contributed by atoms with Crippen molar-refractivity contribution in [1.82, 2.24) is 15.6 Å². The fourth-order valence-electron chi connectivity index (χ4n) is 2.96. The van der Waals surface area contributed by atoms with Crippen molar-refractivity contribution < 1.29 is 9.21 Å². The molecule has 4 rings (SSSR count). The first-order chi connectivity index (χ1) is 14.5. The van der Waals surface area contributed by atoms with Gasteiger partial charge >= 0.3 is 0 Å². The van der Waals surface area contributed by atoms with E-state index in [1.54, 1.807) is 12.1 Å². The highest BCUT2D eigenvalue weighted by Gasteiger charge is 2.12. The Morgan fingerprint density at radius 1 is 1.10 bits per heavy atom. The average molecular weight is 436 g/mol. The Bertz CT molecular complexity index is 1200. The van der Waals surface area contributed by atoms with Gasteiger partial charge < -0.3 is 9.73 Å². The maximum absolute atomic E-state index is 12.3. The molecule has 0 aliphatic carbocycles. The van der Waals surface area contributed by atoms with Crippen molar-refractivity contribution in [3.63, 3.8) is 0 Å². The van der Waals surface area contributed by atoms with Gasteiger partial charge in [0.25, 0.3) is 5.91 Å². The molecule has 0 radical (unpaired) electrons. The monoisotopic (exact) mass is 435 g/mol. The molecule has 3 aromatic carbocycles. The van der Waals surface area contributed by atoms with Gasteiger partial charge in [-0.15, -0.1) is 0 Å². The van der Waals surface area contributed by atoms with Crippen molar-refractivity contribution in [2.45, 2.75) is 13.5 Å². The molecule has 2 N–H and O–H groups in total. The van der Waals surface area contributed by atoms with Gasteiger partial charge in [0, 0.05) is 12.1 Å². The summed E-state index contributed by atoms with van der Waals surface area (Å²) in [4.78, 5) is 16.8. The molecular formula is C23H18ClN3O2S. The molecular weight excluding hydrogens is 418 g/mol. The molecule has 0 aliphatic heterocycles. The number of nitrogens with zero attached hydrogens (tertiary/aromatic N) is 1. The number of oxazole rings is 1. The molecule has 0 spiro atoms. The van der Waals surface area contributed by atoms with E-state index < -0.39 is 0 Å². The number of aryl methyl sites for hydroxylation is 1. The molecule has 4 aromatic rings. The second-order valence-corrected chi connectivity index (χ2v) is 7.62. The Labute approximate surface area is 184 Å². The molecule has 1 amide bonds. The molecule has 1 heterocycles. The lowest BCUT2D eigenvalue weighted by molar-refractivity contribution is 0.0977. The van der Waals surface area contributed by atoms with Crippen LogP contribution in [0.5, 0.6) is 0 Å². The zero-order valence-corrected chi connectivity index (χ0v) is 17.7. The Morgan fingerprint density at radius 3 is 2.60 bits per heavy atom. The third kappa shape index (κ3) is 4.50. The van der Waals surface area contributed by atoms with E-state index in [1.165, 1.54) is 0 Å². The van der Waals surface area contributed by atoms with Gasteiger partial charge in [0.2, 0.25) is 5.89 Å². The molecule has 5 nitrogen and oxygen atoms in total. The van der Waals surface area contributed by atoms with Crippen molar-refractivity contribution in [3.8, 4) is 11.5 Å². The van der Waals surface area contributed by atoms with Gasteiger partial charge in [0.1, 0.15) is 5.52 Å². The van der Waals surface area contributed by atoms with E-state index in [4.69, 9.17) is 28.2 Å². The highest BCUT2D eigenvalue weighted by atomic mass is 35.5. The van der Waals surface area contributed by atoms with Crippen molar-refractivity contribution in [2.75, 3.05) is 0 Å². The van der Waals surface area contributed by atoms with Crippen LogP contribution in [0.1, 0.15) is 21.5 Å². The van der Waals surface area contributed by atoms with E-state index in [2.05, 4.69) is 15.6 Å². The number of carbonyl (C=O) groups excluding carboxylic acids is 1. The fraction of sp³-hybridized carbons (Fsp3) is 0.0870. The van der Waals surface area contributed by atoms with Crippen molar-refractivity contribution in [2.24, 2.45) is 0 Å². The van der Waals surface area contributed by atoms with Crippen LogP contribution in [0.2, 0.25) is 5.02 Å². The molecule has 0 aliphatic rings. The van der Waals surface area contributed by atoms with E-state index in [9.17, 15) is 4.79 Å². The molecule has 0 bridgehead atoms. The highest BCUT2D eigenvalue weighted by molar-refractivity contribution is 7.80. The first-order valence-electron chi connectivity index (χ1n) is 9.30. The van der Waals surface area contributed by atoms with E-state index in [0.29, 0.717) is 23.0 Å². The summed E-state index contributed by atoms with van der Waals surface area (Å²) in [5.41, 5.74) is 4.84. The van der Waals surface area contributed by atoms with Crippen molar-refractivity contribution in [1.29, 1.82) is 0 Å². The number of halogens is 1. The topological polar surface area (TPSA) is 67.2 Å². The summed E-state index contributed by atoms with van der Waals surface area (Å²) in [5, 5.41) is 6.31. The van der Waals surface area contributed by atoms with Crippen LogP contribution in [0.4, 0.5) is 0 Å². The number of rotatable bonds is 4. The number of thiocarbonyl (C=S) groups is 1. The van der Waals surface area contributed by atoms with Crippen LogP contribution >= 0.6 is 23.8 Å². The number of hydrogen-bond acceptors (Lipinski definition) is 4. The van der Waals surface area contributed by atoms with Crippen molar-refractivity contribution in [3.05, 3.63) is 88.4 Å². The average Bonchev–Trinajstić information content (AvgIpc) is 3.17. The molecule has 0 saturated heterocycles. The number of aromatic nitrogens is 1. The summed E-state index contributed by atoms with van der Waals surface area (Å²) in [7, 11) is 0. The summed E-state index contributed by atoms with van der Waals surface area (Å²) < 4.78 is 5.79. The van der Waals surface area contributed by atoms with Gasteiger partial charge in [-0.05, 0) is 66.7 Å². The van der Waals surface area contributed by atoms with E-state index in [1.807, 2.05) is 61.5 Å². The maximum atomic E-state index is 12.3. The minimum atomic E-state index is -0.344. The van der Waals surface area contributed by atoms with E-state index in [-0.39, 0.29) is 11.0 Å². The minimum absolute atomic E-state index is 0.236. The van der Waals surface area contributed by atoms with Gasteiger partial charge in [-0.2, -0.15) is 0 Å².